The highest BCUT2D eigenvalue weighted by atomic mass is 14.8. The minimum Gasteiger partial charge on any atom is -0.319 e. The summed E-state index contributed by atoms with van der Waals surface area (Å²) in [5.74, 6) is 2.69. The zero-order valence-corrected chi connectivity index (χ0v) is 14.0. The molecule has 1 heteroatoms. The van der Waals surface area contributed by atoms with E-state index in [1.165, 1.54) is 24.0 Å². The lowest BCUT2D eigenvalue weighted by atomic mass is 9.63. The van der Waals surface area contributed by atoms with Crippen LogP contribution in [-0.2, 0) is 0 Å². The van der Waals surface area contributed by atoms with Gasteiger partial charge in [0, 0.05) is 5.92 Å². The highest BCUT2D eigenvalue weighted by Gasteiger charge is 2.37. The van der Waals surface area contributed by atoms with Crippen LogP contribution < -0.4 is 5.32 Å². The molecule has 0 spiro atoms. The molecule has 0 radical (unpaired) electrons. The van der Waals surface area contributed by atoms with Crippen LogP contribution in [0.25, 0.3) is 0 Å². The van der Waals surface area contributed by atoms with Gasteiger partial charge in [-0.2, -0.15) is 0 Å². The Hall–Kier alpha value is -1.60. The van der Waals surface area contributed by atoms with Gasteiger partial charge in [-0.05, 0) is 55.3 Å². The molecule has 2 atom stereocenters. The molecule has 0 aliphatic heterocycles. The van der Waals surface area contributed by atoms with Gasteiger partial charge < -0.3 is 5.32 Å². The van der Waals surface area contributed by atoms with E-state index in [4.69, 9.17) is 0 Å². The molecule has 1 aromatic carbocycles. The first-order chi connectivity index (χ1) is 10.7. The average Bonchev–Trinajstić information content (AvgIpc) is 2.50. The van der Waals surface area contributed by atoms with E-state index in [1.54, 1.807) is 0 Å². The van der Waals surface area contributed by atoms with Gasteiger partial charge in [-0.3, -0.25) is 0 Å². The normalized spacial score (nSPS) is 24.2. The lowest BCUT2D eigenvalue weighted by Gasteiger charge is -2.42. The molecule has 22 heavy (non-hydrogen) atoms. The Kier molecular flexibility index (Phi) is 6.21. The Labute approximate surface area is 135 Å². The van der Waals surface area contributed by atoms with Crippen molar-refractivity contribution >= 4 is 0 Å². The Bertz CT molecular complexity index is 508. The standard InChI is InChI=1S/C21H29N/c1-5-10-18(6-2)21(19-11-8-7-9-12-19)16(3)20-13-17(14-20)15-22-4/h5-12,16-17,20-22H,1-2,13-15H2,3-4H3/b18-10+. The van der Waals surface area contributed by atoms with E-state index in [2.05, 4.69) is 61.8 Å². The van der Waals surface area contributed by atoms with Gasteiger partial charge in [0.1, 0.15) is 0 Å². The van der Waals surface area contributed by atoms with Crippen LogP contribution in [0.4, 0.5) is 0 Å². The van der Waals surface area contributed by atoms with Crippen molar-refractivity contribution in [1.29, 1.82) is 0 Å². The summed E-state index contributed by atoms with van der Waals surface area (Å²) in [7, 11) is 2.05. The number of hydrogen-bond acceptors (Lipinski definition) is 1. The third kappa shape index (κ3) is 3.78. The smallest absolute Gasteiger partial charge is 0.0117 e. The van der Waals surface area contributed by atoms with E-state index >= 15 is 0 Å². The Balaban J connectivity index is 2.20. The van der Waals surface area contributed by atoms with E-state index in [-0.39, 0.29) is 0 Å². The van der Waals surface area contributed by atoms with E-state index in [0.717, 1.165) is 18.4 Å². The highest BCUT2D eigenvalue weighted by molar-refractivity contribution is 5.37. The lowest BCUT2D eigenvalue weighted by molar-refractivity contribution is 0.123. The Morgan fingerprint density at radius 3 is 2.50 bits per heavy atom. The van der Waals surface area contributed by atoms with E-state index < -0.39 is 0 Å². The molecular formula is C21H29N. The third-order valence-electron chi connectivity index (χ3n) is 5.10. The third-order valence-corrected chi connectivity index (χ3v) is 5.10. The molecule has 0 aromatic heterocycles. The van der Waals surface area contributed by atoms with Gasteiger partial charge in [0.15, 0.2) is 0 Å². The first-order valence-electron chi connectivity index (χ1n) is 8.35. The maximum absolute atomic E-state index is 4.03. The van der Waals surface area contributed by atoms with Crippen molar-refractivity contribution in [2.24, 2.45) is 17.8 Å². The van der Waals surface area contributed by atoms with Crippen molar-refractivity contribution in [3.63, 3.8) is 0 Å². The minimum absolute atomic E-state index is 0.414. The van der Waals surface area contributed by atoms with Crippen LogP contribution in [0.5, 0.6) is 0 Å². The maximum atomic E-state index is 4.03. The molecule has 2 unspecified atom stereocenters. The van der Waals surface area contributed by atoms with Gasteiger partial charge in [0.05, 0.1) is 0 Å². The number of nitrogens with one attached hydrogen (secondary N) is 1. The van der Waals surface area contributed by atoms with Crippen molar-refractivity contribution in [2.45, 2.75) is 25.7 Å². The van der Waals surface area contributed by atoms with Crippen LogP contribution in [0.1, 0.15) is 31.2 Å². The summed E-state index contributed by atoms with van der Waals surface area (Å²) in [6.07, 6.45) is 8.67. The summed E-state index contributed by atoms with van der Waals surface area (Å²) in [6.45, 7) is 11.4. The summed E-state index contributed by atoms with van der Waals surface area (Å²) in [5, 5.41) is 3.30. The summed E-state index contributed by atoms with van der Waals surface area (Å²) in [6, 6.07) is 10.8. The molecular weight excluding hydrogens is 266 g/mol. The van der Waals surface area contributed by atoms with Crippen LogP contribution in [0.3, 0.4) is 0 Å². The predicted molar refractivity (Wildman–Crippen MR) is 97.0 cm³/mol. The molecule has 1 N–H and O–H groups in total. The summed E-state index contributed by atoms with van der Waals surface area (Å²) in [4.78, 5) is 0. The lowest BCUT2D eigenvalue weighted by Crippen LogP contribution is -2.37. The first kappa shape index (κ1) is 16.8. The Morgan fingerprint density at radius 1 is 1.27 bits per heavy atom. The van der Waals surface area contributed by atoms with Crippen LogP contribution in [0.15, 0.2) is 67.3 Å². The topological polar surface area (TPSA) is 12.0 Å². The number of rotatable bonds is 8. The second-order valence-electron chi connectivity index (χ2n) is 6.51. The largest absolute Gasteiger partial charge is 0.319 e. The fourth-order valence-electron chi connectivity index (χ4n) is 3.84. The van der Waals surface area contributed by atoms with E-state index in [9.17, 15) is 0 Å². The number of hydrogen-bond donors (Lipinski definition) is 1. The molecule has 1 fully saturated rings. The molecule has 0 heterocycles. The van der Waals surface area contributed by atoms with Crippen molar-refractivity contribution in [2.75, 3.05) is 13.6 Å². The fourth-order valence-corrected chi connectivity index (χ4v) is 3.84. The number of benzene rings is 1. The SMILES string of the molecule is C=C/C=C(\C=C)C(c1ccccc1)C(C)C1CC(CNC)C1. The van der Waals surface area contributed by atoms with Gasteiger partial charge in [-0.15, -0.1) is 0 Å². The molecule has 1 nitrogen and oxygen atoms in total. The molecule has 118 valence electrons. The summed E-state index contributed by atoms with van der Waals surface area (Å²) in [5.41, 5.74) is 2.67. The second-order valence-corrected chi connectivity index (χ2v) is 6.51. The quantitative estimate of drug-likeness (QED) is 0.669. The predicted octanol–water partition coefficient (Wildman–Crippen LogP) is 4.95. The molecule has 0 bridgehead atoms. The van der Waals surface area contributed by atoms with Crippen molar-refractivity contribution in [3.8, 4) is 0 Å². The fraction of sp³-hybridized carbons (Fsp3) is 0.429. The zero-order chi connectivity index (χ0) is 15.9. The minimum atomic E-state index is 0.414. The van der Waals surface area contributed by atoms with Crippen LogP contribution in [-0.4, -0.2) is 13.6 Å². The van der Waals surface area contributed by atoms with Gasteiger partial charge in [0.25, 0.3) is 0 Å². The highest BCUT2D eigenvalue weighted by Crippen LogP contribution is 2.46. The van der Waals surface area contributed by atoms with Crippen molar-refractivity contribution in [1.82, 2.24) is 5.32 Å². The van der Waals surface area contributed by atoms with E-state index in [0.29, 0.717) is 11.8 Å². The molecule has 0 amide bonds. The molecule has 1 aromatic rings. The number of allylic oxidation sites excluding steroid dienone is 4. The zero-order valence-electron chi connectivity index (χ0n) is 14.0. The summed E-state index contributed by atoms with van der Waals surface area (Å²) < 4.78 is 0. The monoisotopic (exact) mass is 295 g/mol. The maximum Gasteiger partial charge on any atom is 0.0117 e. The molecule has 2 rings (SSSR count). The molecule has 0 saturated heterocycles. The molecule has 1 aliphatic rings. The van der Waals surface area contributed by atoms with Crippen LogP contribution >= 0.6 is 0 Å². The van der Waals surface area contributed by atoms with E-state index in [1.807, 2.05) is 19.2 Å². The van der Waals surface area contributed by atoms with Crippen molar-refractivity contribution < 1.29 is 0 Å². The summed E-state index contributed by atoms with van der Waals surface area (Å²) >= 11 is 0. The molecule has 1 aliphatic carbocycles. The first-order valence-corrected chi connectivity index (χ1v) is 8.35. The van der Waals surface area contributed by atoms with Gasteiger partial charge in [-0.25, -0.2) is 0 Å². The Morgan fingerprint density at radius 2 is 1.95 bits per heavy atom. The average molecular weight is 295 g/mol. The van der Waals surface area contributed by atoms with Gasteiger partial charge in [0.2, 0.25) is 0 Å². The van der Waals surface area contributed by atoms with Crippen LogP contribution in [0.2, 0.25) is 0 Å². The van der Waals surface area contributed by atoms with Crippen molar-refractivity contribution in [3.05, 3.63) is 72.9 Å². The molecule has 1 saturated carbocycles. The van der Waals surface area contributed by atoms with Gasteiger partial charge in [-0.1, -0.05) is 68.6 Å². The van der Waals surface area contributed by atoms with Crippen LogP contribution in [0, 0.1) is 17.8 Å². The second kappa shape index (κ2) is 8.14. The van der Waals surface area contributed by atoms with Gasteiger partial charge >= 0.3 is 0 Å².